The molecule has 0 unspecified atom stereocenters. The SMILES string of the molecule is C=CC(=O)O.C=CC(=O)O.C=CC(=O)O.OCC(CO)(CO)CC(CO)(CO)CO. The molecule has 0 rings (SSSR count). The summed E-state index contributed by atoms with van der Waals surface area (Å²) in [6.07, 6.45) is 2.44. The van der Waals surface area contributed by atoms with Gasteiger partial charge in [0, 0.05) is 29.1 Å². The molecule has 12 nitrogen and oxygen atoms in total. The van der Waals surface area contributed by atoms with Crippen LogP contribution in [0.25, 0.3) is 0 Å². The predicted octanol–water partition coefficient (Wildman–Crippen LogP) is -1.93. The minimum Gasteiger partial charge on any atom is -0.478 e. The van der Waals surface area contributed by atoms with Crippen LogP contribution >= 0.6 is 0 Å². The lowest BCUT2D eigenvalue weighted by Gasteiger charge is -2.37. The van der Waals surface area contributed by atoms with Gasteiger partial charge in [-0.25, -0.2) is 14.4 Å². The van der Waals surface area contributed by atoms with Gasteiger partial charge in [0.05, 0.1) is 39.6 Å². The van der Waals surface area contributed by atoms with Gasteiger partial charge in [-0.1, -0.05) is 19.7 Å². The van der Waals surface area contributed by atoms with Crippen molar-refractivity contribution in [3.63, 3.8) is 0 Å². The second-order valence-electron chi connectivity index (χ2n) is 5.75. The number of aliphatic hydroxyl groups excluding tert-OH is 6. The topological polar surface area (TPSA) is 233 Å². The fourth-order valence-electron chi connectivity index (χ4n) is 1.43. The predicted molar refractivity (Wildman–Crippen MR) is 105 cm³/mol. The van der Waals surface area contributed by atoms with Crippen LogP contribution < -0.4 is 0 Å². The highest BCUT2D eigenvalue weighted by Gasteiger charge is 2.40. The molecule has 0 spiro atoms. The molecule has 0 fully saturated rings. The normalized spacial score (nSPS) is 9.80. The minimum absolute atomic E-state index is 0.0625. The highest BCUT2D eigenvalue weighted by Crippen LogP contribution is 2.33. The summed E-state index contributed by atoms with van der Waals surface area (Å²) in [5.74, 6) is -2.94. The van der Waals surface area contributed by atoms with Gasteiger partial charge in [-0.3, -0.25) is 0 Å². The van der Waals surface area contributed by atoms with Crippen LogP contribution in [0.5, 0.6) is 0 Å². The Morgan fingerprint density at radius 3 is 0.733 bits per heavy atom. The second kappa shape index (κ2) is 21.1. The Morgan fingerprint density at radius 1 is 0.533 bits per heavy atom. The van der Waals surface area contributed by atoms with E-state index >= 15 is 0 Å². The first-order valence-electron chi connectivity index (χ1n) is 8.10. The molecule has 0 bridgehead atoms. The zero-order chi connectivity index (χ0) is 24.8. The van der Waals surface area contributed by atoms with Gasteiger partial charge < -0.3 is 46.0 Å². The smallest absolute Gasteiger partial charge is 0.327 e. The molecular formula is C18H32O12. The monoisotopic (exact) mass is 440 g/mol. The highest BCUT2D eigenvalue weighted by atomic mass is 16.4. The van der Waals surface area contributed by atoms with Crippen LogP contribution in [0.2, 0.25) is 0 Å². The van der Waals surface area contributed by atoms with Crippen molar-refractivity contribution in [2.45, 2.75) is 6.42 Å². The molecule has 176 valence electrons. The molecule has 0 aromatic rings. The molecule has 0 saturated heterocycles. The van der Waals surface area contributed by atoms with Crippen molar-refractivity contribution in [3.8, 4) is 0 Å². The first kappa shape index (κ1) is 34.9. The summed E-state index contributed by atoms with van der Waals surface area (Å²) in [5, 5.41) is 77.2. The number of carboxylic acids is 3. The Morgan fingerprint density at radius 2 is 0.667 bits per heavy atom. The average molecular weight is 440 g/mol. The third-order valence-electron chi connectivity index (χ3n) is 3.29. The van der Waals surface area contributed by atoms with E-state index in [0.29, 0.717) is 0 Å². The number of aliphatic hydroxyl groups is 6. The summed E-state index contributed by atoms with van der Waals surface area (Å²) in [4.78, 5) is 27.8. The molecular weight excluding hydrogens is 408 g/mol. The number of aliphatic carboxylic acids is 3. The molecule has 0 atom stereocenters. The van der Waals surface area contributed by atoms with E-state index in [2.05, 4.69) is 19.7 Å². The molecule has 0 aliphatic rings. The summed E-state index contributed by atoms with van der Waals surface area (Å²) < 4.78 is 0. The first-order valence-corrected chi connectivity index (χ1v) is 8.10. The van der Waals surface area contributed by atoms with E-state index in [1.807, 2.05) is 0 Å². The van der Waals surface area contributed by atoms with Crippen molar-refractivity contribution >= 4 is 17.9 Å². The van der Waals surface area contributed by atoms with Crippen molar-refractivity contribution in [1.29, 1.82) is 0 Å². The van der Waals surface area contributed by atoms with Gasteiger partial charge in [0.25, 0.3) is 0 Å². The first-order chi connectivity index (χ1) is 13.9. The van der Waals surface area contributed by atoms with E-state index in [1.54, 1.807) is 0 Å². The Hall–Kier alpha value is -2.61. The minimum atomic E-state index is -1.20. The summed E-state index contributed by atoms with van der Waals surface area (Å²) in [7, 11) is 0. The van der Waals surface area contributed by atoms with Gasteiger partial charge in [0.15, 0.2) is 0 Å². The van der Waals surface area contributed by atoms with E-state index < -0.39 is 68.4 Å². The summed E-state index contributed by atoms with van der Waals surface area (Å²) in [6, 6.07) is 0. The van der Waals surface area contributed by atoms with Crippen molar-refractivity contribution < 1.29 is 60.3 Å². The maximum Gasteiger partial charge on any atom is 0.327 e. The highest BCUT2D eigenvalue weighted by molar-refractivity contribution is 5.79. The number of hydrogen-bond acceptors (Lipinski definition) is 9. The zero-order valence-electron chi connectivity index (χ0n) is 16.6. The second-order valence-corrected chi connectivity index (χ2v) is 5.75. The average Bonchev–Trinajstić information content (AvgIpc) is 2.76. The number of carboxylic acid groups (broad SMARTS) is 3. The molecule has 0 aliphatic heterocycles. The lowest BCUT2D eigenvalue weighted by Crippen LogP contribution is -2.45. The van der Waals surface area contributed by atoms with Crippen molar-refractivity contribution in [2.75, 3.05) is 39.6 Å². The van der Waals surface area contributed by atoms with Gasteiger partial charge in [0.1, 0.15) is 0 Å². The molecule has 30 heavy (non-hydrogen) atoms. The van der Waals surface area contributed by atoms with E-state index in [4.69, 9.17) is 46.0 Å². The Balaban J connectivity index is -0.000000184. The van der Waals surface area contributed by atoms with Gasteiger partial charge >= 0.3 is 17.9 Å². The lowest BCUT2D eigenvalue weighted by molar-refractivity contribution is -0.132. The fraction of sp³-hybridized carbons (Fsp3) is 0.500. The van der Waals surface area contributed by atoms with Crippen LogP contribution in [0, 0.1) is 10.8 Å². The number of rotatable bonds is 11. The molecule has 9 N–H and O–H groups in total. The molecule has 0 aliphatic carbocycles. The number of carbonyl (C=O) groups is 3. The molecule has 0 aromatic heterocycles. The molecule has 12 heteroatoms. The van der Waals surface area contributed by atoms with Crippen molar-refractivity contribution in [3.05, 3.63) is 38.0 Å². The quantitative estimate of drug-likeness (QED) is 0.160. The summed E-state index contributed by atoms with van der Waals surface area (Å²) in [6.45, 7) is 5.98. The van der Waals surface area contributed by atoms with Gasteiger partial charge in [-0.2, -0.15) is 0 Å². The third kappa shape index (κ3) is 20.1. The Kier molecular flexibility index (Phi) is 24.5. The van der Waals surface area contributed by atoms with E-state index in [0.717, 1.165) is 18.2 Å². The molecule has 0 aromatic carbocycles. The molecule has 0 heterocycles. The van der Waals surface area contributed by atoms with E-state index in [1.165, 1.54) is 0 Å². The van der Waals surface area contributed by atoms with Crippen molar-refractivity contribution in [2.24, 2.45) is 10.8 Å². The molecule has 0 saturated carbocycles. The maximum absolute atomic E-state index is 9.25. The fourth-order valence-corrected chi connectivity index (χ4v) is 1.43. The van der Waals surface area contributed by atoms with Crippen LogP contribution in [0.4, 0.5) is 0 Å². The molecule has 0 amide bonds. The summed E-state index contributed by atoms with van der Waals surface area (Å²) >= 11 is 0. The van der Waals surface area contributed by atoms with Crippen LogP contribution in [0.3, 0.4) is 0 Å². The largest absolute Gasteiger partial charge is 0.478 e. The zero-order valence-corrected chi connectivity index (χ0v) is 16.6. The maximum atomic E-state index is 9.25. The Bertz CT molecular complexity index is 430. The van der Waals surface area contributed by atoms with Crippen LogP contribution in [0.15, 0.2) is 38.0 Å². The van der Waals surface area contributed by atoms with Crippen LogP contribution in [-0.2, 0) is 14.4 Å². The van der Waals surface area contributed by atoms with Gasteiger partial charge in [0.2, 0.25) is 0 Å². The van der Waals surface area contributed by atoms with E-state index in [-0.39, 0.29) is 6.42 Å². The third-order valence-corrected chi connectivity index (χ3v) is 3.29. The van der Waals surface area contributed by atoms with Gasteiger partial charge in [-0.15, -0.1) is 0 Å². The summed E-state index contributed by atoms with van der Waals surface area (Å²) in [5.41, 5.74) is -2.40. The van der Waals surface area contributed by atoms with Crippen LogP contribution in [0.1, 0.15) is 6.42 Å². The Labute approximate surface area is 174 Å². The standard InChI is InChI=1S/C9H20O6.3C3H4O2/c10-2-8(3-11,4-12)1-9(5-13,6-14)7-15;3*1-2-3(4)5/h10-15H,1-7H2;3*2H,1H2,(H,4,5). The van der Waals surface area contributed by atoms with Gasteiger partial charge in [-0.05, 0) is 6.42 Å². The van der Waals surface area contributed by atoms with E-state index in [9.17, 15) is 14.4 Å². The van der Waals surface area contributed by atoms with Crippen LogP contribution in [-0.4, -0.2) is 104 Å². The van der Waals surface area contributed by atoms with Crippen molar-refractivity contribution in [1.82, 2.24) is 0 Å². The lowest BCUT2D eigenvalue weighted by atomic mass is 9.73. The number of hydrogen-bond donors (Lipinski definition) is 9. The molecule has 0 radical (unpaired) electrons.